The fourth-order valence-corrected chi connectivity index (χ4v) is 4.31. The highest BCUT2D eigenvalue weighted by atomic mass is 16.5. The van der Waals surface area contributed by atoms with Crippen molar-refractivity contribution in [2.24, 2.45) is 7.05 Å². The number of benzene rings is 2. The number of nitrogens with zero attached hydrogens (tertiary/aromatic N) is 5. The van der Waals surface area contributed by atoms with Crippen LogP contribution in [0.4, 0.5) is 23.0 Å². The van der Waals surface area contributed by atoms with Gasteiger partial charge in [-0.25, -0.2) is 9.97 Å². The molecular weight excluding hydrogens is 456 g/mol. The highest BCUT2D eigenvalue weighted by Gasteiger charge is 2.19. The van der Waals surface area contributed by atoms with Crippen LogP contribution in [0.15, 0.2) is 61.4 Å². The number of aromatic nitrogens is 4. The quantitative estimate of drug-likeness (QED) is 0.343. The predicted molar refractivity (Wildman–Crippen MR) is 142 cm³/mol. The molecule has 0 unspecified atom stereocenters. The summed E-state index contributed by atoms with van der Waals surface area (Å²) in [5, 5.41) is 14.9. The van der Waals surface area contributed by atoms with Gasteiger partial charge in [0.1, 0.15) is 5.75 Å². The Kier molecular flexibility index (Phi) is 6.50. The van der Waals surface area contributed by atoms with Crippen molar-refractivity contribution in [2.75, 3.05) is 48.8 Å². The first-order chi connectivity index (χ1) is 17.6. The van der Waals surface area contributed by atoms with Crippen LogP contribution in [0, 0.1) is 0 Å². The lowest BCUT2D eigenvalue weighted by atomic mass is 10.1. The van der Waals surface area contributed by atoms with Crippen LogP contribution in [0.1, 0.15) is 0 Å². The van der Waals surface area contributed by atoms with Gasteiger partial charge in [-0.05, 0) is 30.3 Å². The molecule has 1 aliphatic heterocycles. The highest BCUT2D eigenvalue weighted by molar-refractivity contribution is 6.02. The Morgan fingerprint density at radius 3 is 2.78 bits per heavy atom. The van der Waals surface area contributed by atoms with Crippen molar-refractivity contribution in [3.8, 4) is 17.0 Å². The summed E-state index contributed by atoms with van der Waals surface area (Å²) in [7, 11) is 3.53. The maximum Gasteiger partial charge on any atom is 0.247 e. The molecular formula is C26H28N8O2. The largest absolute Gasteiger partial charge is 0.494 e. The summed E-state index contributed by atoms with van der Waals surface area (Å²) in [4.78, 5) is 23.5. The third kappa shape index (κ3) is 4.71. The van der Waals surface area contributed by atoms with E-state index in [4.69, 9.17) is 9.72 Å². The number of piperazine rings is 1. The summed E-state index contributed by atoms with van der Waals surface area (Å²) in [5.74, 6) is 0.741. The molecule has 1 amide bonds. The van der Waals surface area contributed by atoms with Crippen LogP contribution >= 0.6 is 0 Å². The molecule has 0 spiro atoms. The zero-order valence-corrected chi connectivity index (χ0v) is 20.3. The number of nitrogens with one attached hydrogen (secondary N) is 3. The first-order valence-electron chi connectivity index (χ1n) is 11.7. The second-order valence-electron chi connectivity index (χ2n) is 8.43. The molecule has 1 saturated heterocycles. The molecule has 184 valence electrons. The first-order valence-corrected chi connectivity index (χ1v) is 11.7. The van der Waals surface area contributed by atoms with E-state index < -0.39 is 0 Å². The number of hydrogen-bond donors (Lipinski definition) is 3. The van der Waals surface area contributed by atoms with Crippen LogP contribution in [-0.2, 0) is 11.8 Å². The summed E-state index contributed by atoms with van der Waals surface area (Å²) in [5.41, 5.74) is 4.96. The van der Waals surface area contributed by atoms with Crippen molar-refractivity contribution in [2.45, 2.75) is 0 Å². The van der Waals surface area contributed by atoms with Crippen LogP contribution in [0.25, 0.3) is 22.2 Å². The van der Waals surface area contributed by atoms with Crippen molar-refractivity contribution >= 4 is 39.8 Å². The van der Waals surface area contributed by atoms with Gasteiger partial charge in [-0.3, -0.25) is 9.48 Å². The summed E-state index contributed by atoms with van der Waals surface area (Å²) in [6, 6.07) is 11.7. The fraction of sp³-hybridized carbons (Fsp3) is 0.231. The van der Waals surface area contributed by atoms with Gasteiger partial charge in [0.2, 0.25) is 11.9 Å². The maximum atomic E-state index is 12.2. The average molecular weight is 485 g/mol. The Bertz CT molecular complexity index is 1420. The number of methoxy groups -OCH3 is 1. The molecule has 2 aromatic heterocycles. The molecule has 0 aliphatic carbocycles. The number of amides is 1. The number of aryl methyl sites for hydroxylation is 1. The lowest BCUT2D eigenvalue weighted by Gasteiger charge is -2.31. The molecule has 10 nitrogen and oxygen atoms in total. The summed E-state index contributed by atoms with van der Waals surface area (Å²) in [6.45, 7) is 6.95. The Morgan fingerprint density at radius 1 is 1.17 bits per heavy atom. The molecule has 0 radical (unpaired) electrons. The van der Waals surface area contributed by atoms with Gasteiger partial charge in [0.05, 0.1) is 41.6 Å². The molecule has 1 aliphatic rings. The number of carbonyl (C=O) groups excluding carboxylic acids is 1. The number of anilines is 4. The Morgan fingerprint density at radius 2 is 2.00 bits per heavy atom. The molecule has 2 aromatic carbocycles. The third-order valence-corrected chi connectivity index (χ3v) is 6.16. The Hall–Kier alpha value is -4.44. The van der Waals surface area contributed by atoms with E-state index in [1.807, 2.05) is 48.3 Å². The Labute approximate surface area is 209 Å². The van der Waals surface area contributed by atoms with Gasteiger partial charge in [-0.15, -0.1) is 0 Å². The van der Waals surface area contributed by atoms with E-state index in [0.717, 1.165) is 54.0 Å². The molecule has 5 rings (SSSR count). The number of carbonyl (C=O) groups is 1. The van der Waals surface area contributed by atoms with Crippen LogP contribution in [0.3, 0.4) is 0 Å². The first kappa shape index (κ1) is 23.3. The Balaban J connectivity index is 1.49. The lowest BCUT2D eigenvalue weighted by Crippen LogP contribution is -2.43. The summed E-state index contributed by atoms with van der Waals surface area (Å²) in [6.07, 6.45) is 4.80. The zero-order chi connectivity index (χ0) is 25.1. The van der Waals surface area contributed by atoms with E-state index in [0.29, 0.717) is 23.1 Å². The summed E-state index contributed by atoms with van der Waals surface area (Å²) >= 11 is 0. The average Bonchev–Trinajstić information content (AvgIpc) is 3.29. The van der Waals surface area contributed by atoms with Crippen molar-refractivity contribution in [3.63, 3.8) is 0 Å². The maximum absolute atomic E-state index is 12.2. The van der Waals surface area contributed by atoms with E-state index in [-0.39, 0.29) is 5.91 Å². The van der Waals surface area contributed by atoms with Gasteiger partial charge < -0.3 is 25.6 Å². The standard InChI is InChI=1S/C26H28N8O2/c1-4-25(35)30-20-14-21(24(36-3)15-23(20)34-11-9-27-10-12-34)32-26-28-8-7-19(31-26)17-5-6-22-18(13-17)16-29-33(22)2/h4-8,13-16,27H,1,9-12H2,2-3H3,(H,30,35)(H,28,31,32). The van der Waals surface area contributed by atoms with Crippen LogP contribution in [0.5, 0.6) is 5.75 Å². The number of ether oxygens (including phenoxy) is 1. The highest BCUT2D eigenvalue weighted by Crippen LogP contribution is 2.38. The van der Waals surface area contributed by atoms with Crippen LogP contribution in [0.2, 0.25) is 0 Å². The van der Waals surface area contributed by atoms with Crippen molar-refractivity contribution in [3.05, 3.63) is 61.4 Å². The van der Waals surface area contributed by atoms with E-state index in [1.165, 1.54) is 6.08 Å². The van der Waals surface area contributed by atoms with Gasteiger partial charge in [0, 0.05) is 56.4 Å². The van der Waals surface area contributed by atoms with Crippen LogP contribution in [-0.4, -0.2) is 58.9 Å². The fourth-order valence-electron chi connectivity index (χ4n) is 4.31. The molecule has 3 N–H and O–H groups in total. The smallest absolute Gasteiger partial charge is 0.247 e. The molecule has 3 heterocycles. The second kappa shape index (κ2) is 10.0. The van der Waals surface area contributed by atoms with E-state index >= 15 is 0 Å². The van der Waals surface area contributed by atoms with E-state index in [9.17, 15) is 4.79 Å². The normalized spacial score (nSPS) is 13.4. The van der Waals surface area contributed by atoms with Gasteiger partial charge in [-0.2, -0.15) is 5.10 Å². The molecule has 4 aromatic rings. The lowest BCUT2D eigenvalue weighted by molar-refractivity contribution is -0.111. The van der Waals surface area contributed by atoms with Gasteiger partial charge in [-0.1, -0.05) is 12.6 Å². The minimum atomic E-state index is -0.286. The monoisotopic (exact) mass is 484 g/mol. The number of fused-ring (bicyclic) bond motifs is 1. The number of rotatable bonds is 7. The molecule has 36 heavy (non-hydrogen) atoms. The summed E-state index contributed by atoms with van der Waals surface area (Å²) < 4.78 is 7.54. The van der Waals surface area contributed by atoms with Gasteiger partial charge in [0.15, 0.2) is 0 Å². The van der Waals surface area contributed by atoms with Crippen LogP contribution < -0.4 is 25.6 Å². The minimum Gasteiger partial charge on any atom is -0.494 e. The van der Waals surface area contributed by atoms with Crippen molar-refractivity contribution in [1.82, 2.24) is 25.1 Å². The second-order valence-corrected chi connectivity index (χ2v) is 8.43. The zero-order valence-electron chi connectivity index (χ0n) is 20.3. The molecule has 0 atom stereocenters. The molecule has 0 bridgehead atoms. The third-order valence-electron chi connectivity index (χ3n) is 6.16. The minimum absolute atomic E-state index is 0.286. The van der Waals surface area contributed by atoms with Crippen molar-refractivity contribution < 1.29 is 9.53 Å². The predicted octanol–water partition coefficient (Wildman–Crippen LogP) is 3.32. The molecule has 0 saturated carbocycles. The molecule has 1 fully saturated rings. The van der Waals surface area contributed by atoms with Gasteiger partial charge in [0.25, 0.3) is 0 Å². The van der Waals surface area contributed by atoms with E-state index in [2.05, 4.69) is 43.6 Å². The molecule has 10 heteroatoms. The van der Waals surface area contributed by atoms with Gasteiger partial charge >= 0.3 is 0 Å². The topological polar surface area (TPSA) is 109 Å². The van der Waals surface area contributed by atoms with E-state index in [1.54, 1.807) is 13.3 Å². The number of hydrogen-bond acceptors (Lipinski definition) is 8. The SMILES string of the molecule is C=CC(=O)Nc1cc(Nc2nccc(-c3ccc4c(cnn4C)c3)n2)c(OC)cc1N1CCNCC1. The van der Waals surface area contributed by atoms with Crippen molar-refractivity contribution in [1.29, 1.82) is 0 Å².